The first-order valence-corrected chi connectivity index (χ1v) is 19.8. The average Bonchev–Trinajstić information content (AvgIpc) is 2.91. The predicted octanol–water partition coefficient (Wildman–Crippen LogP) is 2.23. The fraction of sp³-hybridized carbons (Fsp3) is 0.826. The van der Waals surface area contributed by atoms with Crippen LogP contribution in [0.15, 0.2) is 22.7 Å². The lowest BCUT2D eigenvalue weighted by Gasteiger charge is -2.13. The summed E-state index contributed by atoms with van der Waals surface area (Å²) in [5.74, 6) is 0. The molecule has 0 radical (unpaired) electrons. The van der Waals surface area contributed by atoms with Crippen molar-refractivity contribution in [1.29, 1.82) is 0 Å². The van der Waals surface area contributed by atoms with Crippen molar-refractivity contribution in [3.8, 4) is 0 Å². The molecule has 1 aromatic rings. The van der Waals surface area contributed by atoms with Crippen molar-refractivity contribution in [1.82, 2.24) is 9.97 Å². The number of hydrogen-bond acceptors (Lipinski definition) is 11. The van der Waals surface area contributed by atoms with Gasteiger partial charge in [-0.3, -0.25) is 0 Å². The third-order valence-electron chi connectivity index (χ3n) is 5.17. The van der Waals surface area contributed by atoms with E-state index < -0.39 is 17.6 Å². The molecule has 0 fully saturated rings. The van der Waals surface area contributed by atoms with E-state index in [9.17, 15) is 0 Å². The van der Waals surface area contributed by atoms with Crippen molar-refractivity contribution < 1.29 is 28.4 Å². The van der Waals surface area contributed by atoms with E-state index in [4.69, 9.17) is 39.7 Å². The molecule has 38 heavy (non-hydrogen) atoms. The summed E-state index contributed by atoms with van der Waals surface area (Å²) in [7, 11) is -1.31. The zero-order chi connectivity index (χ0) is 27.5. The maximum Gasteiger partial charge on any atom is 0.187 e. The van der Waals surface area contributed by atoms with Gasteiger partial charge in [0.05, 0.1) is 79.3 Å². The summed E-state index contributed by atoms with van der Waals surface area (Å²) in [6.07, 6.45) is 3.70. The zero-order valence-electron chi connectivity index (χ0n) is 23.0. The molecule has 12 nitrogen and oxygen atoms in total. The Morgan fingerprint density at radius 3 is 1.82 bits per heavy atom. The Morgan fingerprint density at radius 1 is 0.816 bits per heavy atom. The molecule has 0 aliphatic rings. The number of aromatic nitrogens is 2. The SMILES string of the molecule is C[SiH](CCN)C[SiH](C)CSc1ncc(COCCOCCOCCOCCOCCOCCN=[N+]=[N-])cn1. The second-order valence-corrected chi connectivity index (χ2v) is 17.6. The Hall–Kier alpha value is -1.11. The summed E-state index contributed by atoms with van der Waals surface area (Å²) in [6, 6.07) is 1.25. The van der Waals surface area contributed by atoms with Crippen LogP contribution in [-0.2, 0) is 35.0 Å². The van der Waals surface area contributed by atoms with Crippen LogP contribution in [0.2, 0.25) is 24.8 Å². The van der Waals surface area contributed by atoms with E-state index in [2.05, 4.69) is 33.1 Å². The first kappa shape index (κ1) is 34.9. The molecular formula is C23H46N6O6SSi2. The summed E-state index contributed by atoms with van der Waals surface area (Å²) >= 11 is 1.78. The summed E-state index contributed by atoms with van der Waals surface area (Å²) in [5.41, 5.74) is 16.2. The predicted molar refractivity (Wildman–Crippen MR) is 155 cm³/mol. The summed E-state index contributed by atoms with van der Waals surface area (Å²) < 4.78 is 32.7. The van der Waals surface area contributed by atoms with E-state index in [1.165, 1.54) is 17.1 Å². The highest BCUT2D eigenvalue weighted by Gasteiger charge is 2.12. The molecule has 0 aliphatic heterocycles. The quantitative estimate of drug-likeness (QED) is 0.0306. The molecule has 1 heterocycles. The molecule has 2 atom stereocenters. The molecule has 0 saturated carbocycles. The van der Waals surface area contributed by atoms with Crippen molar-refractivity contribution in [3.63, 3.8) is 0 Å². The molecule has 0 aliphatic carbocycles. The van der Waals surface area contributed by atoms with Gasteiger partial charge in [0.25, 0.3) is 0 Å². The number of nitrogens with two attached hydrogens (primary N) is 1. The Kier molecular flexibility index (Phi) is 24.0. The Balaban J connectivity index is 1.86. The van der Waals surface area contributed by atoms with E-state index in [1.54, 1.807) is 11.8 Å². The van der Waals surface area contributed by atoms with Crippen LogP contribution in [0, 0.1) is 0 Å². The Morgan fingerprint density at radius 2 is 1.32 bits per heavy atom. The van der Waals surface area contributed by atoms with E-state index in [1.807, 2.05) is 12.4 Å². The van der Waals surface area contributed by atoms with Crippen molar-refractivity contribution in [3.05, 3.63) is 28.4 Å². The van der Waals surface area contributed by atoms with Crippen molar-refractivity contribution >= 4 is 29.4 Å². The molecule has 0 aromatic carbocycles. The van der Waals surface area contributed by atoms with Crippen LogP contribution in [0.1, 0.15) is 5.56 Å². The van der Waals surface area contributed by atoms with Gasteiger partial charge in [0, 0.05) is 47.0 Å². The highest BCUT2D eigenvalue weighted by molar-refractivity contribution is 8.00. The molecular weight excluding hydrogens is 545 g/mol. The fourth-order valence-corrected chi connectivity index (χ4v) is 14.1. The average molecular weight is 591 g/mol. The molecule has 2 unspecified atom stereocenters. The maximum absolute atomic E-state index is 8.13. The first-order valence-electron chi connectivity index (χ1n) is 13.3. The Bertz CT molecular complexity index is 724. The van der Waals surface area contributed by atoms with Crippen LogP contribution < -0.4 is 5.73 Å². The topological polar surface area (TPSA) is 156 Å². The second kappa shape index (κ2) is 26.1. The highest BCUT2D eigenvalue weighted by atomic mass is 32.2. The van der Waals surface area contributed by atoms with E-state index >= 15 is 0 Å². The van der Waals surface area contributed by atoms with E-state index in [0.717, 1.165) is 17.3 Å². The Labute approximate surface area is 234 Å². The molecule has 0 bridgehead atoms. The van der Waals surface area contributed by atoms with Gasteiger partial charge in [0.1, 0.15) is 0 Å². The van der Waals surface area contributed by atoms with Gasteiger partial charge in [-0.15, -0.1) is 0 Å². The first-order chi connectivity index (χ1) is 18.7. The minimum atomic E-state index is -0.708. The van der Waals surface area contributed by atoms with Gasteiger partial charge >= 0.3 is 0 Å². The van der Waals surface area contributed by atoms with Crippen LogP contribution in [-0.4, -0.2) is 119 Å². The van der Waals surface area contributed by atoms with E-state index in [-0.39, 0.29) is 0 Å². The number of azide groups is 1. The lowest BCUT2D eigenvalue weighted by atomic mass is 10.4. The van der Waals surface area contributed by atoms with Crippen LogP contribution >= 0.6 is 11.8 Å². The third kappa shape index (κ3) is 21.8. The van der Waals surface area contributed by atoms with Crippen LogP contribution in [0.3, 0.4) is 0 Å². The fourth-order valence-electron chi connectivity index (χ4n) is 3.31. The molecule has 2 N–H and O–H groups in total. The number of rotatable bonds is 27. The highest BCUT2D eigenvalue weighted by Crippen LogP contribution is 2.16. The largest absolute Gasteiger partial charge is 0.379 e. The number of nitrogens with zero attached hydrogens (tertiary/aromatic N) is 5. The van der Waals surface area contributed by atoms with Crippen LogP contribution in [0.5, 0.6) is 0 Å². The van der Waals surface area contributed by atoms with Gasteiger partial charge in [-0.05, 0) is 23.5 Å². The third-order valence-corrected chi connectivity index (χ3v) is 16.3. The molecule has 0 saturated heterocycles. The zero-order valence-corrected chi connectivity index (χ0v) is 26.1. The summed E-state index contributed by atoms with van der Waals surface area (Å²) in [4.78, 5) is 11.6. The number of ether oxygens (including phenoxy) is 6. The lowest BCUT2D eigenvalue weighted by molar-refractivity contribution is -0.0174. The van der Waals surface area contributed by atoms with Crippen molar-refractivity contribution in [2.24, 2.45) is 10.8 Å². The lowest BCUT2D eigenvalue weighted by Crippen LogP contribution is -2.23. The molecule has 15 heteroatoms. The normalized spacial score (nSPS) is 12.8. The van der Waals surface area contributed by atoms with Gasteiger partial charge < -0.3 is 34.2 Å². The second-order valence-electron chi connectivity index (χ2n) is 8.78. The van der Waals surface area contributed by atoms with Crippen LogP contribution in [0.4, 0.5) is 0 Å². The molecule has 0 spiro atoms. The number of hydrogen-bond donors (Lipinski definition) is 1. The van der Waals surface area contributed by atoms with Gasteiger partial charge in [-0.1, -0.05) is 35.6 Å². The van der Waals surface area contributed by atoms with Gasteiger partial charge in [-0.2, -0.15) is 0 Å². The van der Waals surface area contributed by atoms with Crippen molar-refractivity contribution in [2.75, 3.05) is 91.1 Å². The molecule has 1 aromatic heterocycles. The van der Waals surface area contributed by atoms with Gasteiger partial charge in [0.2, 0.25) is 0 Å². The van der Waals surface area contributed by atoms with Gasteiger partial charge in [0.15, 0.2) is 5.16 Å². The molecule has 218 valence electrons. The van der Waals surface area contributed by atoms with Crippen molar-refractivity contribution in [2.45, 2.75) is 36.6 Å². The summed E-state index contributed by atoms with van der Waals surface area (Å²) in [6.45, 7) is 11.9. The monoisotopic (exact) mass is 590 g/mol. The minimum absolute atomic E-state index is 0.334. The smallest absolute Gasteiger partial charge is 0.187 e. The number of thioether (sulfide) groups is 1. The van der Waals surface area contributed by atoms with Crippen LogP contribution in [0.25, 0.3) is 10.4 Å². The summed E-state index contributed by atoms with van der Waals surface area (Å²) in [5, 5.41) is 5.41. The van der Waals surface area contributed by atoms with E-state index in [0.29, 0.717) is 85.8 Å². The standard InChI is InChI=1S/C23H46N6O6SSi2/c1-37(16-3-24)21-38(2)20-36-23-26-17-22(18-27-23)19-35-15-14-34-13-12-33-11-10-32-9-8-31-7-6-30-5-4-28-29-25/h17-18,37-38H,3-16,19-21,24H2,1-2H3. The minimum Gasteiger partial charge on any atom is -0.379 e. The van der Waals surface area contributed by atoms with Gasteiger partial charge in [-0.25, -0.2) is 9.97 Å². The molecule has 0 amide bonds. The molecule has 1 rings (SSSR count). The maximum atomic E-state index is 8.13.